The molecular formula is C17H14ClNO2. The van der Waals surface area contributed by atoms with Crippen LogP contribution in [0.25, 0.3) is 0 Å². The van der Waals surface area contributed by atoms with Crippen LogP contribution in [-0.2, 0) is 0 Å². The topological polar surface area (TPSA) is 50.1 Å². The smallest absolute Gasteiger partial charge is 0.188 e. The van der Waals surface area contributed by atoms with Gasteiger partial charge in [0.15, 0.2) is 5.78 Å². The number of hydrogen-bond acceptors (Lipinski definition) is 3. The number of rotatable bonds is 5. The van der Waals surface area contributed by atoms with E-state index in [-0.39, 0.29) is 5.78 Å². The van der Waals surface area contributed by atoms with Crippen LogP contribution in [0.4, 0.5) is 0 Å². The van der Waals surface area contributed by atoms with Crippen LogP contribution in [-0.4, -0.2) is 12.4 Å². The summed E-state index contributed by atoms with van der Waals surface area (Å²) in [5, 5.41) is 9.79. The van der Waals surface area contributed by atoms with E-state index >= 15 is 0 Å². The summed E-state index contributed by atoms with van der Waals surface area (Å²) in [6, 6.07) is 15.8. The van der Waals surface area contributed by atoms with Gasteiger partial charge in [-0.25, -0.2) is 0 Å². The molecule has 0 spiro atoms. The fraction of sp³-hybridized carbons (Fsp3) is 0.176. The van der Waals surface area contributed by atoms with Crippen LogP contribution < -0.4 is 4.74 Å². The summed E-state index contributed by atoms with van der Waals surface area (Å²) < 4.78 is 5.46. The number of halogens is 1. The van der Waals surface area contributed by atoms with Gasteiger partial charge in [0.05, 0.1) is 18.2 Å². The molecule has 3 nitrogen and oxygen atoms in total. The number of carbonyl (C=O) groups is 1. The molecule has 0 radical (unpaired) electrons. The number of carbonyl (C=O) groups excluding carboxylic acids is 1. The van der Waals surface area contributed by atoms with Crippen molar-refractivity contribution in [1.29, 1.82) is 5.26 Å². The van der Waals surface area contributed by atoms with Crippen molar-refractivity contribution in [3.05, 3.63) is 64.7 Å². The maximum atomic E-state index is 12.7. The standard InChI is InChI=1S/C17H14ClNO2/c1-2-21-16-10-6-4-8-13(16)17(20)14(11-19)12-7-3-5-9-15(12)18/h3-10,14H,2H2,1H3. The highest BCUT2D eigenvalue weighted by Gasteiger charge is 2.26. The number of nitriles is 1. The lowest BCUT2D eigenvalue weighted by atomic mass is 9.91. The van der Waals surface area contributed by atoms with E-state index in [9.17, 15) is 10.1 Å². The van der Waals surface area contributed by atoms with Crippen molar-refractivity contribution < 1.29 is 9.53 Å². The van der Waals surface area contributed by atoms with E-state index in [0.717, 1.165) is 0 Å². The van der Waals surface area contributed by atoms with Gasteiger partial charge in [0.2, 0.25) is 0 Å². The van der Waals surface area contributed by atoms with Gasteiger partial charge in [-0.2, -0.15) is 5.26 Å². The molecule has 0 bridgehead atoms. The maximum Gasteiger partial charge on any atom is 0.188 e. The summed E-state index contributed by atoms with van der Waals surface area (Å²) >= 11 is 6.10. The van der Waals surface area contributed by atoms with E-state index in [1.165, 1.54) is 0 Å². The van der Waals surface area contributed by atoms with Crippen LogP contribution in [0, 0.1) is 11.3 Å². The zero-order valence-corrected chi connectivity index (χ0v) is 12.3. The summed E-state index contributed by atoms with van der Waals surface area (Å²) in [6.45, 7) is 2.30. The second kappa shape index (κ2) is 6.92. The van der Waals surface area contributed by atoms with Crippen LogP contribution in [0.15, 0.2) is 48.5 Å². The molecule has 0 aromatic heterocycles. The largest absolute Gasteiger partial charge is 0.493 e. The third kappa shape index (κ3) is 3.24. The summed E-state index contributed by atoms with van der Waals surface area (Å²) in [5.74, 6) is -0.771. The molecule has 2 aromatic rings. The molecule has 0 fully saturated rings. The van der Waals surface area contributed by atoms with Gasteiger partial charge in [0.1, 0.15) is 11.7 Å². The molecule has 0 N–H and O–H groups in total. The normalized spacial score (nSPS) is 11.5. The number of Topliss-reactive ketones (excluding diaryl/α,β-unsaturated/α-hetero) is 1. The number of para-hydroxylation sites is 1. The fourth-order valence-electron chi connectivity index (χ4n) is 2.09. The highest BCUT2D eigenvalue weighted by molar-refractivity contribution is 6.31. The van der Waals surface area contributed by atoms with Gasteiger partial charge in [-0.3, -0.25) is 4.79 Å². The van der Waals surface area contributed by atoms with Gasteiger partial charge in [-0.05, 0) is 30.7 Å². The molecule has 21 heavy (non-hydrogen) atoms. The highest BCUT2D eigenvalue weighted by atomic mass is 35.5. The lowest BCUT2D eigenvalue weighted by Gasteiger charge is -2.13. The van der Waals surface area contributed by atoms with Crippen LogP contribution in [0.5, 0.6) is 5.75 Å². The lowest BCUT2D eigenvalue weighted by molar-refractivity contribution is 0.0975. The van der Waals surface area contributed by atoms with Crippen molar-refractivity contribution in [2.75, 3.05) is 6.61 Å². The predicted molar refractivity (Wildman–Crippen MR) is 81.7 cm³/mol. The summed E-state index contributed by atoms with van der Waals surface area (Å²) in [7, 11) is 0. The first kappa shape index (κ1) is 15.1. The molecule has 2 aromatic carbocycles. The molecule has 0 aliphatic heterocycles. The zero-order valence-electron chi connectivity index (χ0n) is 11.5. The number of benzene rings is 2. The zero-order chi connectivity index (χ0) is 15.2. The molecule has 1 unspecified atom stereocenters. The van der Waals surface area contributed by atoms with Gasteiger partial charge in [-0.15, -0.1) is 0 Å². The molecule has 0 amide bonds. The minimum absolute atomic E-state index is 0.311. The van der Waals surface area contributed by atoms with E-state index < -0.39 is 5.92 Å². The van der Waals surface area contributed by atoms with Crippen molar-refractivity contribution in [1.82, 2.24) is 0 Å². The second-order valence-electron chi connectivity index (χ2n) is 4.38. The SMILES string of the molecule is CCOc1ccccc1C(=O)C(C#N)c1ccccc1Cl. The molecule has 0 heterocycles. The van der Waals surface area contributed by atoms with Crippen molar-refractivity contribution >= 4 is 17.4 Å². The third-order valence-corrected chi connectivity index (χ3v) is 3.40. The van der Waals surface area contributed by atoms with Crippen LogP contribution in [0.3, 0.4) is 0 Å². The summed E-state index contributed by atoms with van der Waals surface area (Å²) in [5.41, 5.74) is 0.906. The van der Waals surface area contributed by atoms with Gasteiger partial charge in [0, 0.05) is 5.02 Å². The van der Waals surface area contributed by atoms with Crippen molar-refractivity contribution in [3.63, 3.8) is 0 Å². The number of hydrogen-bond donors (Lipinski definition) is 0. The van der Waals surface area contributed by atoms with E-state index in [1.807, 2.05) is 13.0 Å². The van der Waals surface area contributed by atoms with E-state index in [2.05, 4.69) is 0 Å². The average molecular weight is 300 g/mol. The van der Waals surface area contributed by atoms with E-state index in [1.54, 1.807) is 48.5 Å². The molecule has 4 heteroatoms. The first-order valence-electron chi connectivity index (χ1n) is 6.59. The Hall–Kier alpha value is -2.31. The van der Waals surface area contributed by atoms with Crippen molar-refractivity contribution in [2.24, 2.45) is 0 Å². The number of ketones is 1. The summed E-state index contributed by atoms with van der Waals surface area (Å²) in [4.78, 5) is 12.7. The van der Waals surface area contributed by atoms with Crippen LogP contribution in [0.1, 0.15) is 28.8 Å². The molecule has 2 rings (SSSR count). The minimum atomic E-state index is -0.944. The minimum Gasteiger partial charge on any atom is -0.493 e. The molecule has 0 aliphatic rings. The Morgan fingerprint density at radius 1 is 1.24 bits per heavy atom. The molecule has 106 valence electrons. The fourth-order valence-corrected chi connectivity index (χ4v) is 2.33. The average Bonchev–Trinajstić information content (AvgIpc) is 2.50. The number of ether oxygens (including phenoxy) is 1. The second-order valence-corrected chi connectivity index (χ2v) is 4.78. The lowest BCUT2D eigenvalue weighted by Crippen LogP contribution is -2.13. The Morgan fingerprint density at radius 3 is 2.57 bits per heavy atom. The van der Waals surface area contributed by atoms with E-state index in [4.69, 9.17) is 16.3 Å². The predicted octanol–water partition coefficient (Wildman–Crippen LogP) is 4.23. The molecule has 0 saturated heterocycles. The van der Waals surface area contributed by atoms with Crippen molar-refractivity contribution in [2.45, 2.75) is 12.8 Å². The van der Waals surface area contributed by atoms with Crippen molar-refractivity contribution in [3.8, 4) is 11.8 Å². The van der Waals surface area contributed by atoms with Gasteiger partial charge in [0.25, 0.3) is 0 Å². The Morgan fingerprint density at radius 2 is 1.90 bits per heavy atom. The van der Waals surface area contributed by atoms with Gasteiger partial charge in [-0.1, -0.05) is 41.9 Å². The Bertz CT molecular complexity index is 691. The quantitative estimate of drug-likeness (QED) is 0.776. The third-order valence-electron chi connectivity index (χ3n) is 3.06. The van der Waals surface area contributed by atoms with E-state index in [0.29, 0.717) is 28.5 Å². The molecule has 1 atom stereocenters. The first-order valence-corrected chi connectivity index (χ1v) is 6.97. The Labute approximate surface area is 128 Å². The molecular weight excluding hydrogens is 286 g/mol. The molecule has 0 aliphatic carbocycles. The Kier molecular flexibility index (Phi) is 4.97. The van der Waals surface area contributed by atoms with Crippen LogP contribution >= 0.6 is 11.6 Å². The molecule has 0 saturated carbocycles. The first-order chi connectivity index (χ1) is 10.2. The van der Waals surface area contributed by atoms with Gasteiger partial charge >= 0.3 is 0 Å². The highest BCUT2D eigenvalue weighted by Crippen LogP contribution is 2.30. The maximum absolute atomic E-state index is 12.7. The monoisotopic (exact) mass is 299 g/mol. The number of nitrogens with zero attached hydrogens (tertiary/aromatic N) is 1. The van der Waals surface area contributed by atoms with Crippen LogP contribution in [0.2, 0.25) is 5.02 Å². The van der Waals surface area contributed by atoms with Gasteiger partial charge < -0.3 is 4.74 Å². The Balaban J connectivity index is 2.43. The summed E-state index contributed by atoms with van der Waals surface area (Å²) in [6.07, 6.45) is 0.